The van der Waals surface area contributed by atoms with Gasteiger partial charge in [0.25, 0.3) is 5.91 Å². The first-order valence-electron chi connectivity index (χ1n) is 12.6. The van der Waals surface area contributed by atoms with E-state index in [1.807, 2.05) is 37.1 Å². The van der Waals surface area contributed by atoms with Crippen molar-refractivity contribution in [3.8, 4) is 0 Å². The molecule has 0 N–H and O–H groups in total. The van der Waals surface area contributed by atoms with E-state index in [0.717, 1.165) is 34.5 Å². The maximum atomic E-state index is 13.6. The van der Waals surface area contributed by atoms with Crippen LogP contribution in [-0.2, 0) is 0 Å². The maximum Gasteiger partial charge on any atom is 0.254 e. The lowest BCUT2D eigenvalue weighted by molar-refractivity contribution is 0.0463. The molecule has 4 heterocycles. The van der Waals surface area contributed by atoms with Crippen LogP contribution in [0.15, 0.2) is 48.5 Å². The predicted molar refractivity (Wildman–Crippen MR) is 135 cm³/mol. The normalized spacial score (nSPS) is 32.6. The standard InChI is InChI=1S/C29H30ClN3O/c1-17-7-10-23(21-11-12-25(30)31-26(17)21)28(34)32(2)15-18-8-9-19-16-33-24-14-29(19,13-18)27(33)22-6-4-3-5-20(22)24/h3-7,10-12,18-19,24,27H,8-9,13-16H2,1-2H3/t18-,19+,24?,27?,29?/m0/s1. The molecule has 4 nitrogen and oxygen atoms in total. The van der Waals surface area contributed by atoms with Crippen LogP contribution in [0.1, 0.15) is 64.8 Å². The van der Waals surface area contributed by atoms with Gasteiger partial charge in [-0.05, 0) is 84.7 Å². The second kappa shape index (κ2) is 7.29. The van der Waals surface area contributed by atoms with E-state index in [-0.39, 0.29) is 5.91 Å². The third-order valence-corrected chi connectivity index (χ3v) is 9.68. The van der Waals surface area contributed by atoms with E-state index in [4.69, 9.17) is 11.6 Å². The van der Waals surface area contributed by atoms with E-state index in [1.54, 1.807) is 17.2 Å². The monoisotopic (exact) mass is 471 g/mol. The van der Waals surface area contributed by atoms with Crippen LogP contribution in [0, 0.1) is 24.2 Å². The molecule has 3 aliphatic heterocycles. The number of nitrogens with zero attached hydrogens (tertiary/aromatic N) is 3. The Labute approximate surface area is 205 Å². The van der Waals surface area contributed by atoms with Gasteiger partial charge in [0, 0.05) is 43.2 Å². The topological polar surface area (TPSA) is 36.4 Å². The van der Waals surface area contributed by atoms with Crippen LogP contribution in [-0.4, -0.2) is 40.8 Å². The molecule has 4 bridgehead atoms. The van der Waals surface area contributed by atoms with Crippen LogP contribution in [0.3, 0.4) is 0 Å². The highest BCUT2D eigenvalue weighted by atomic mass is 35.5. The Balaban J connectivity index is 1.14. The Morgan fingerprint density at radius 1 is 1.12 bits per heavy atom. The number of piperidine rings is 1. The van der Waals surface area contributed by atoms with Crippen molar-refractivity contribution in [3.05, 3.63) is 75.9 Å². The zero-order valence-electron chi connectivity index (χ0n) is 19.8. The number of carbonyl (C=O) groups excluding carboxylic acids is 1. The fraction of sp³-hybridized carbons (Fsp3) is 0.448. The average molecular weight is 472 g/mol. The Kier molecular flexibility index (Phi) is 4.48. The summed E-state index contributed by atoms with van der Waals surface area (Å²) in [5.41, 5.74) is 6.15. The van der Waals surface area contributed by atoms with Crippen LogP contribution in [0.4, 0.5) is 0 Å². The number of carbonyl (C=O) groups is 1. The van der Waals surface area contributed by atoms with E-state index in [9.17, 15) is 4.79 Å². The molecule has 3 fully saturated rings. The summed E-state index contributed by atoms with van der Waals surface area (Å²) in [7, 11) is 1.97. The van der Waals surface area contributed by atoms with E-state index >= 15 is 0 Å². The second-order valence-corrected chi connectivity index (χ2v) is 11.6. The second-order valence-electron chi connectivity index (χ2n) is 11.2. The number of amides is 1. The summed E-state index contributed by atoms with van der Waals surface area (Å²) in [5, 5.41) is 1.35. The van der Waals surface area contributed by atoms with Gasteiger partial charge in [0.1, 0.15) is 5.15 Å². The number of halogens is 1. The molecule has 1 saturated carbocycles. The molecule has 4 unspecified atom stereocenters. The molecule has 7 rings (SSSR count). The van der Waals surface area contributed by atoms with Crippen molar-refractivity contribution < 1.29 is 4.79 Å². The molecule has 1 aliphatic carbocycles. The lowest BCUT2D eigenvalue weighted by Crippen LogP contribution is -2.43. The fourth-order valence-electron chi connectivity index (χ4n) is 8.16. The molecule has 3 aromatic rings. The van der Waals surface area contributed by atoms with Crippen molar-refractivity contribution in [1.82, 2.24) is 14.8 Å². The lowest BCUT2D eigenvalue weighted by atomic mass is 9.56. The summed E-state index contributed by atoms with van der Waals surface area (Å²) in [5.74, 6) is 1.46. The van der Waals surface area contributed by atoms with Crippen molar-refractivity contribution in [3.63, 3.8) is 0 Å². The molecule has 1 spiro atoms. The van der Waals surface area contributed by atoms with Crippen molar-refractivity contribution in [2.75, 3.05) is 20.1 Å². The molecule has 4 aliphatic rings. The molecule has 6 atom stereocenters. The third kappa shape index (κ3) is 2.76. The lowest BCUT2D eigenvalue weighted by Gasteiger charge is -2.48. The first kappa shape index (κ1) is 20.9. The van der Waals surface area contributed by atoms with Crippen LogP contribution in [0.25, 0.3) is 10.9 Å². The molecule has 2 saturated heterocycles. The fourth-order valence-corrected chi connectivity index (χ4v) is 8.31. The van der Waals surface area contributed by atoms with Crippen LogP contribution >= 0.6 is 11.6 Å². The molecular weight excluding hydrogens is 442 g/mol. The van der Waals surface area contributed by atoms with E-state index < -0.39 is 0 Å². The molecule has 174 valence electrons. The number of aromatic nitrogens is 1. The van der Waals surface area contributed by atoms with Gasteiger partial charge in [0.05, 0.1) is 5.52 Å². The Morgan fingerprint density at radius 3 is 2.79 bits per heavy atom. The van der Waals surface area contributed by atoms with Gasteiger partial charge in [-0.15, -0.1) is 0 Å². The minimum Gasteiger partial charge on any atom is -0.341 e. The molecule has 1 aromatic heterocycles. The van der Waals surface area contributed by atoms with Gasteiger partial charge in [-0.3, -0.25) is 9.69 Å². The summed E-state index contributed by atoms with van der Waals surface area (Å²) >= 11 is 6.14. The molecule has 1 amide bonds. The number of benzene rings is 2. The summed E-state index contributed by atoms with van der Waals surface area (Å²) < 4.78 is 0. The first-order valence-corrected chi connectivity index (χ1v) is 13.0. The van der Waals surface area contributed by atoms with E-state index in [0.29, 0.717) is 28.6 Å². The van der Waals surface area contributed by atoms with Crippen molar-refractivity contribution in [2.45, 2.75) is 44.7 Å². The number of fused-ring (bicyclic) bond motifs is 3. The Bertz CT molecular complexity index is 1340. The molecule has 5 heteroatoms. The van der Waals surface area contributed by atoms with Gasteiger partial charge in [0.15, 0.2) is 0 Å². The third-order valence-electron chi connectivity index (χ3n) is 9.47. The first-order chi connectivity index (χ1) is 16.5. The van der Waals surface area contributed by atoms with Gasteiger partial charge < -0.3 is 4.90 Å². The van der Waals surface area contributed by atoms with Crippen molar-refractivity contribution in [2.24, 2.45) is 17.3 Å². The minimum absolute atomic E-state index is 0.0834. The van der Waals surface area contributed by atoms with Gasteiger partial charge in [-0.2, -0.15) is 0 Å². The number of pyridine rings is 1. The highest BCUT2D eigenvalue weighted by Crippen LogP contribution is 2.73. The number of hydrogen-bond donors (Lipinski definition) is 0. The molecule has 34 heavy (non-hydrogen) atoms. The number of hydrogen-bond acceptors (Lipinski definition) is 3. The summed E-state index contributed by atoms with van der Waals surface area (Å²) in [6, 6.07) is 18.0. The van der Waals surface area contributed by atoms with E-state index in [1.165, 1.54) is 32.2 Å². The zero-order chi connectivity index (χ0) is 23.2. The number of rotatable bonds is 3. The van der Waals surface area contributed by atoms with Crippen molar-refractivity contribution in [1.29, 1.82) is 0 Å². The van der Waals surface area contributed by atoms with E-state index in [2.05, 4.69) is 34.1 Å². The molecule has 2 aromatic carbocycles. The van der Waals surface area contributed by atoms with Crippen molar-refractivity contribution >= 4 is 28.4 Å². The van der Waals surface area contributed by atoms with Gasteiger partial charge in [-0.1, -0.05) is 41.9 Å². The van der Waals surface area contributed by atoms with Gasteiger partial charge in [-0.25, -0.2) is 4.98 Å². The van der Waals surface area contributed by atoms with Gasteiger partial charge >= 0.3 is 0 Å². The van der Waals surface area contributed by atoms with Gasteiger partial charge in [0.2, 0.25) is 0 Å². The predicted octanol–water partition coefficient (Wildman–Crippen LogP) is 6.19. The maximum absolute atomic E-state index is 13.6. The van der Waals surface area contributed by atoms with Crippen LogP contribution < -0.4 is 0 Å². The Hall–Kier alpha value is -2.43. The molecular formula is C29H30ClN3O. The number of aryl methyl sites for hydroxylation is 1. The SMILES string of the molecule is Cc1ccc(C(=O)N(C)C[C@H]2CC[C@@H]3CN4C5CC3(C2)C4c2ccccc25)c2ccc(Cl)nc12. The summed E-state index contributed by atoms with van der Waals surface area (Å²) in [6.07, 6.45) is 5.07. The quantitative estimate of drug-likeness (QED) is 0.427. The average Bonchev–Trinajstić information content (AvgIpc) is 3.44. The zero-order valence-corrected chi connectivity index (χ0v) is 20.6. The van der Waals surface area contributed by atoms with Crippen LogP contribution in [0.2, 0.25) is 5.15 Å². The molecule has 0 radical (unpaired) electrons. The highest BCUT2D eigenvalue weighted by Gasteiger charge is 2.67. The minimum atomic E-state index is 0.0834. The summed E-state index contributed by atoms with van der Waals surface area (Å²) in [4.78, 5) is 22.8. The largest absolute Gasteiger partial charge is 0.341 e. The Morgan fingerprint density at radius 2 is 1.94 bits per heavy atom. The smallest absolute Gasteiger partial charge is 0.254 e. The highest BCUT2D eigenvalue weighted by molar-refractivity contribution is 6.30. The van der Waals surface area contributed by atoms with Crippen LogP contribution in [0.5, 0.6) is 0 Å². The summed E-state index contributed by atoms with van der Waals surface area (Å²) in [6.45, 7) is 4.10.